The van der Waals surface area contributed by atoms with Crippen molar-refractivity contribution in [2.24, 2.45) is 0 Å². The molecular weight excluding hydrogens is 348 g/mol. The molecular formula is C15H6N4O7. The van der Waals surface area contributed by atoms with Crippen LogP contribution in [0.2, 0.25) is 0 Å². The number of non-ortho nitro benzene ring substituents is 2. The van der Waals surface area contributed by atoms with Crippen LogP contribution in [-0.2, 0) is 0 Å². The summed E-state index contributed by atoms with van der Waals surface area (Å²) in [7, 11) is 0. The highest BCUT2D eigenvalue weighted by Crippen LogP contribution is 2.28. The highest BCUT2D eigenvalue weighted by molar-refractivity contribution is 6.18. The van der Waals surface area contributed by atoms with Crippen molar-refractivity contribution in [1.82, 2.24) is 10.3 Å². The topological polar surface area (TPSA) is 155 Å². The molecule has 128 valence electrons. The number of hydrogen-bond donors (Lipinski definition) is 0. The lowest BCUT2D eigenvalue weighted by Crippen LogP contribution is -2.03. The summed E-state index contributed by atoms with van der Waals surface area (Å²) in [5.41, 5.74) is -0.442. The molecule has 0 unspecified atom stereocenters. The molecule has 26 heavy (non-hydrogen) atoms. The first-order valence-electron chi connectivity index (χ1n) is 7.08. The van der Waals surface area contributed by atoms with Gasteiger partial charge in [0.1, 0.15) is 0 Å². The largest absolute Gasteiger partial charge is 0.355 e. The van der Waals surface area contributed by atoms with E-state index in [9.17, 15) is 25.0 Å². The lowest BCUT2D eigenvalue weighted by Gasteiger charge is -1.94. The van der Waals surface area contributed by atoms with Gasteiger partial charge in [0.2, 0.25) is 5.78 Å². The third kappa shape index (κ3) is 2.26. The van der Waals surface area contributed by atoms with E-state index in [4.69, 9.17) is 9.05 Å². The van der Waals surface area contributed by atoms with Crippen LogP contribution in [0.15, 0.2) is 45.4 Å². The number of nitrogens with zero attached hydrogens (tertiary/aromatic N) is 4. The van der Waals surface area contributed by atoms with Gasteiger partial charge in [0.25, 0.3) is 11.4 Å². The molecule has 0 amide bonds. The molecule has 0 fully saturated rings. The smallest absolute Gasteiger partial charge is 0.273 e. The number of nitro groups is 2. The van der Waals surface area contributed by atoms with Crippen molar-refractivity contribution in [2.75, 3.05) is 0 Å². The zero-order chi connectivity index (χ0) is 18.4. The lowest BCUT2D eigenvalue weighted by molar-refractivity contribution is -0.384. The summed E-state index contributed by atoms with van der Waals surface area (Å²) in [5, 5.41) is 29.5. The fourth-order valence-corrected chi connectivity index (χ4v) is 2.52. The molecule has 0 bridgehead atoms. The fourth-order valence-electron chi connectivity index (χ4n) is 2.52. The Hall–Kier alpha value is -4.15. The van der Waals surface area contributed by atoms with Crippen molar-refractivity contribution < 1.29 is 23.7 Å². The monoisotopic (exact) mass is 354 g/mol. The van der Waals surface area contributed by atoms with Crippen LogP contribution in [0.5, 0.6) is 0 Å². The number of hydrogen-bond acceptors (Lipinski definition) is 9. The van der Waals surface area contributed by atoms with E-state index >= 15 is 0 Å². The van der Waals surface area contributed by atoms with Gasteiger partial charge < -0.3 is 9.05 Å². The van der Waals surface area contributed by atoms with E-state index in [-0.39, 0.29) is 44.7 Å². The highest BCUT2D eigenvalue weighted by Gasteiger charge is 2.25. The molecule has 2 aromatic heterocycles. The molecule has 4 aromatic rings. The van der Waals surface area contributed by atoms with Crippen molar-refractivity contribution in [1.29, 1.82) is 0 Å². The van der Waals surface area contributed by atoms with Crippen LogP contribution in [-0.4, -0.2) is 25.9 Å². The van der Waals surface area contributed by atoms with Crippen molar-refractivity contribution in [3.05, 3.63) is 68.0 Å². The molecule has 0 aliphatic rings. The number of nitro benzene ring substituents is 2. The van der Waals surface area contributed by atoms with E-state index in [0.29, 0.717) is 0 Å². The van der Waals surface area contributed by atoms with E-state index in [1.807, 2.05) is 0 Å². The average Bonchev–Trinajstić information content (AvgIpc) is 3.24. The minimum Gasteiger partial charge on any atom is -0.355 e. The quantitative estimate of drug-likeness (QED) is 0.305. The van der Waals surface area contributed by atoms with E-state index < -0.39 is 15.6 Å². The van der Waals surface area contributed by atoms with Gasteiger partial charge in [-0.05, 0) is 12.1 Å². The van der Waals surface area contributed by atoms with Crippen LogP contribution in [0, 0.1) is 20.2 Å². The Bertz CT molecular complexity index is 1130. The number of fused-ring (bicyclic) bond motifs is 2. The zero-order valence-corrected chi connectivity index (χ0v) is 12.6. The molecule has 0 saturated carbocycles. The predicted molar refractivity (Wildman–Crippen MR) is 84.8 cm³/mol. The first-order chi connectivity index (χ1) is 12.5. The number of carbonyl (C=O) groups is 1. The Morgan fingerprint density at radius 2 is 1.23 bits per heavy atom. The Morgan fingerprint density at radius 1 is 0.808 bits per heavy atom. The summed E-state index contributed by atoms with van der Waals surface area (Å²) in [4.78, 5) is 33.1. The van der Waals surface area contributed by atoms with Gasteiger partial charge in [-0.25, -0.2) is 0 Å². The van der Waals surface area contributed by atoms with Gasteiger partial charge >= 0.3 is 0 Å². The van der Waals surface area contributed by atoms with Crippen LogP contribution >= 0.6 is 0 Å². The summed E-state index contributed by atoms with van der Waals surface area (Å²) >= 11 is 0. The van der Waals surface area contributed by atoms with E-state index in [2.05, 4.69) is 10.3 Å². The van der Waals surface area contributed by atoms with Crippen molar-refractivity contribution in [2.45, 2.75) is 0 Å². The summed E-state index contributed by atoms with van der Waals surface area (Å²) in [6.07, 6.45) is 0. The zero-order valence-electron chi connectivity index (χ0n) is 12.6. The molecule has 2 heterocycles. The Balaban J connectivity index is 1.81. The molecule has 0 aliphatic carbocycles. The van der Waals surface area contributed by atoms with Gasteiger partial charge in [-0.2, -0.15) is 0 Å². The van der Waals surface area contributed by atoms with Crippen molar-refractivity contribution >= 4 is 39.1 Å². The summed E-state index contributed by atoms with van der Waals surface area (Å²) in [6, 6.07) is 7.46. The van der Waals surface area contributed by atoms with E-state index in [1.54, 1.807) is 0 Å². The van der Waals surface area contributed by atoms with Gasteiger partial charge in [-0.15, -0.1) is 0 Å². The minimum atomic E-state index is -0.634. The second-order valence-corrected chi connectivity index (χ2v) is 5.27. The Morgan fingerprint density at radius 3 is 1.62 bits per heavy atom. The van der Waals surface area contributed by atoms with Crippen LogP contribution < -0.4 is 0 Å². The molecule has 2 aromatic carbocycles. The molecule has 11 nitrogen and oxygen atoms in total. The molecule has 0 radical (unpaired) electrons. The normalized spacial score (nSPS) is 11.1. The van der Waals surface area contributed by atoms with Gasteiger partial charge in [-0.1, -0.05) is 10.3 Å². The van der Waals surface area contributed by atoms with Gasteiger partial charge in [0.15, 0.2) is 22.6 Å². The van der Waals surface area contributed by atoms with Crippen molar-refractivity contribution in [3.8, 4) is 0 Å². The lowest BCUT2D eigenvalue weighted by atomic mass is 10.1. The SMILES string of the molecule is O=C(c1noc2cc([N+](=O)[O-])ccc12)c1noc2cc([N+](=O)[O-])ccc12. The third-order valence-corrected chi connectivity index (χ3v) is 3.76. The van der Waals surface area contributed by atoms with E-state index in [1.165, 1.54) is 24.3 Å². The molecule has 4 rings (SSSR count). The van der Waals surface area contributed by atoms with Crippen LogP contribution in [0.4, 0.5) is 11.4 Å². The van der Waals surface area contributed by atoms with E-state index in [0.717, 1.165) is 12.1 Å². The summed E-state index contributed by atoms with van der Waals surface area (Å²) in [6.45, 7) is 0. The highest BCUT2D eigenvalue weighted by atomic mass is 16.6. The maximum absolute atomic E-state index is 12.7. The Kier molecular flexibility index (Phi) is 3.22. The van der Waals surface area contributed by atoms with Crippen LogP contribution in [0.3, 0.4) is 0 Å². The Labute approximate surface area is 142 Å². The summed E-state index contributed by atoms with van der Waals surface area (Å²) in [5.74, 6) is -0.634. The molecule has 0 aliphatic heterocycles. The minimum absolute atomic E-state index is 0.0750. The van der Waals surface area contributed by atoms with Crippen LogP contribution in [0.25, 0.3) is 21.9 Å². The maximum atomic E-state index is 12.7. The molecule has 0 atom stereocenters. The summed E-state index contributed by atoms with van der Waals surface area (Å²) < 4.78 is 10.00. The molecule has 0 N–H and O–H groups in total. The number of aromatic nitrogens is 2. The molecule has 11 heteroatoms. The number of carbonyl (C=O) groups excluding carboxylic acids is 1. The number of rotatable bonds is 4. The predicted octanol–water partition coefficient (Wildman–Crippen LogP) is 3.02. The van der Waals surface area contributed by atoms with Gasteiger partial charge in [0.05, 0.1) is 32.8 Å². The molecule has 0 spiro atoms. The van der Waals surface area contributed by atoms with Gasteiger partial charge in [-0.3, -0.25) is 25.0 Å². The second-order valence-electron chi connectivity index (χ2n) is 5.27. The number of ketones is 1. The van der Waals surface area contributed by atoms with Crippen molar-refractivity contribution in [3.63, 3.8) is 0 Å². The second kappa shape index (κ2) is 5.44. The first kappa shape index (κ1) is 15.4. The molecule has 0 saturated heterocycles. The van der Waals surface area contributed by atoms with Crippen LogP contribution in [0.1, 0.15) is 16.2 Å². The standard InChI is InChI=1S/C15H6N4O7/c20-15(13-9-3-1-7(18(21)22)5-11(9)25-16-13)14-10-4-2-8(19(23)24)6-12(10)26-17-14/h1-6H. The third-order valence-electron chi connectivity index (χ3n) is 3.76. The average molecular weight is 354 g/mol. The fraction of sp³-hybridized carbons (Fsp3) is 0. The number of benzene rings is 2. The maximum Gasteiger partial charge on any atom is 0.273 e. The first-order valence-corrected chi connectivity index (χ1v) is 7.08. The van der Waals surface area contributed by atoms with Gasteiger partial charge in [0, 0.05) is 12.1 Å².